The average molecular weight is 289 g/mol. The highest BCUT2D eigenvalue weighted by atomic mass is 16.5. The molecule has 1 N–H and O–H groups in total. The van der Waals surface area contributed by atoms with Gasteiger partial charge < -0.3 is 10.1 Å². The number of aryl methyl sites for hydroxylation is 1. The first-order chi connectivity index (χ1) is 10.3. The molecular formula is C19H31NO. The van der Waals surface area contributed by atoms with Crippen LogP contribution >= 0.6 is 0 Å². The Kier molecular flexibility index (Phi) is 6.72. The van der Waals surface area contributed by atoms with Gasteiger partial charge >= 0.3 is 0 Å². The molecule has 2 nitrogen and oxygen atoms in total. The number of hydrogen-bond donors (Lipinski definition) is 1. The highest BCUT2D eigenvalue weighted by Crippen LogP contribution is 2.37. The summed E-state index contributed by atoms with van der Waals surface area (Å²) in [5, 5.41) is 3.74. The summed E-state index contributed by atoms with van der Waals surface area (Å²) in [6.45, 7) is 8.51. The molecule has 1 saturated carbocycles. The third-order valence-corrected chi connectivity index (χ3v) is 4.57. The molecule has 2 rings (SSSR count). The lowest BCUT2D eigenvalue weighted by Crippen LogP contribution is -2.35. The van der Waals surface area contributed by atoms with E-state index in [1.54, 1.807) is 0 Å². The van der Waals surface area contributed by atoms with Gasteiger partial charge in [0, 0.05) is 12.6 Å². The summed E-state index contributed by atoms with van der Waals surface area (Å²) >= 11 is 0. The van der Waals surface area contributed by atoms with Gasteiger partial charge in [0.2, 0.25) is 0 Å². The van der Waals surface area contributed by atoms with Crippen molar-refractivity contribution in [2.75, 3.05) is 13.2 Å². The molecule has 0 aromatic heterocycles. The maximum Gasteiger partial charge on any atom is 0.0580 e. The van der Waals surface area contributed by atoms with E-state index in [4.69, 9.17) is 4.74 Å². The summed E-state index contributed by atoms with van der Waals surface area (Å²) in [6.07, 6.45) is 6.56. The molecular weight excluding hydrogens is 258 g/mol. The lowest BCUT2D eigenvalue weighted by molar-refractivity contribution is -0.0291. The van der Waals surface area contributed by atoms with Crippen molar-refractivity contribution in [3.05, 3.63) is 35.4 Å². The maximum absolute atomic E-state index is 5.69. The van der Waals surface area contributed by atoms with Gasteiger partial charge in [-0.15, -0.1) is 0 Å². The van der Waals surface area contributed by atoms with Crippen molar-refractivity contribution in [2.45, 2.75) is 65.0 Å². The van der Waals surface area contributed by atoms with Gasteiger partial charge in [0.05, 0.1) is 6.10 Å². The van der Waals surface area contributed by atoms with E-state index < -0.39 is 0 Å². The van der Waals surface area contributed by atoms with E-state index in [0.717, 1.165) is 25.5 Å². The fourth-order valence-electron chi connectivity index (χ4n) is 3.26. The van der Waals surface area contributed by atoms with Gasteiger partial charge in [-0.3, -0.25) is 0 Å². The van der Waals surface area contributed by atoms with Crippen molar-refractivity contribution in [3.63, 3.8) is 0 Å². The number of rotatable bonds is 9. The molecule has 0 bridgehead atoms. The second kappa shape index (κ2) is 8.55. The first-order valence-corrected chi connectivity index (χ1v) is 8.70. The second-order valence-corrected chi connectivity index (χ2v) is 6.26. The molecule has 0 saturated heterocycles. The minimum atomic E-state index is 0.504. The van der Waals surface area contributed by atoms with E-state index in [2.05, 4.69) is 50.4 Å². The molecule has 1 fully saturated rings. The van der Waals surface area contributed by atoms with Crippen LogP contribution in [-0.4, -0.2) is 19.3 Å². The van der Waals surface area contributed by atoms with Gasteiger partial charge in [0.1, 0.15) is 0 Å². The van der Waals surface area contributed by atoms with Crippen LogP contribution in [0.2, 0.25) is 0 Å². The molecule has 1 atom stereocenters. The third kappa shape index (κ3) is 4.82. The number of ether oxygens (including phenoxy) is 1. The SMILES string of the molecule is CCCNC(CC1CC(OCC)C1)c1cccc(CC)c1. The van der Waals surface area contributed by atoms with Gasteiger partial charge in [0.25, 0.3) is 0 Å². The van der Waals surface area contributed by atoms with E-state index >= 15 is 0 Å². The van der Waals surface area contributed by atoms with Crippen molar-refractivity contribution < 1.29 is 4.74 Å². The first kappa shape index (κ1) is 16.5. The zero-order valence-electron chi connectivity index (χ0n) is 13.9. The largest absolute Gasteiger partial charge is 0.378 e. The average Bonchev–Trinajstić information content (AvgIpc) is 2.48. The van der Waals surface area contributed by atoms with Crippen LogP contribution in [0.4, 0.5) is 0 Å². The summed E-state index contributed by atoms with van der Waals surface area (Å²) < 4.78 is 5.69. The van der Waals surface area contributed by atoms with Crippen LogP contribution in [0, 0.1) is 5.92 Å². The number of benzene rings is 1. The van der Waals surface area contributed by atoms with Crippen LogP contribution in [0.5, 0.6) is 0 Å². The van der Waals surface area contributed by atoms with Crippen molar-refractivity contribution >= 4 is 0 Å². The molecule has 0 amide bonds. The summed E-state index contributed by atoms with van der Waals surface area (Å²) in [7, 11) is 0. The molecule has 0 heterocycles. The Morgan fingerprint density at radius 1 is 1.24 bits per heavy atom. The van der Waals surface area contributed by atoms with Gasteiger partial charge in [0.15, 0.2) is 0 Å². The van der Waals surface area contributed by atoms with Gasteiger partial charge in [-0.05, 0) is 62.6 Å². The van der Waals surface area contributed by atoms with E-state index in [1.165, 1.54) is 36.8 Å². The molecule has 1 aromatic rings. The number of nitrogens with one attached hydrogen (secondary N) is 1. The monoisotopic (exact) mass is 289 g/mol. The predicted octanol–water partition coefficient (Wildman–Crippen LogP) is 4.49. The minimum absolute atomic E-state index is 0.504. The van der Waals surface area contributed by atoms with Gasteiger partial charge in [-0.1, -0.05) is 38.1 Å². The van der Waals surface area contributed by atoms with E-state index in [1.807, 2.05) is 0 Å². The van der Waals surface area contributed by atoms with Crippen LogP contribution in [0.25, 0.3) is 0 Å². The Morgan fingerprint density at radius 2 is 2.05 bits per heavy atom. The van der Waals surface area contributed by atoms with Gasteiger partial charge in [-0.2, -0.15) is 0 Å². The quantitative estimate of drug-likeness (QED) is 0.723. The smallest absolute Gasteiger partial charge is 0.0580 e. The molecule has 2 heteroatoms. The molecule has 0 radical (unpaired) electrons. The van der Waals surface area contributed by atoms with E-state index in [-0.39, 0.29) is 0 Å². The molecule has 1 aliphatic carbocycles. The van der Waals surface area contributed by atoms with E-state index in [9.17, 15) is 0 Å². The zero-order valence-corrected chi connectivity index (χ0v) is 13.9. The Bertz CT molecular complexity index is 412. The molecule has 1 aliphatic rings. The molecule has 1 unspecified atom stereocenters. The van der Waals surface area contributed by atoms with E-state index in [0.29, 0.717) is 12.1 Å². The normalized spacial score (nSPS) is 22.8. The van der Waals surface area contributed by atoms with Crippen LogP contribution in [0.3, 0.4) is 0 Å². The third-order valence-electron chi connectivity index (χ3n) is 4.57. The molecule has 1 aromatic carbocycles. The summed E-state index contributed by atoms with van der Waals surface area (Å²) in [4.78, 5) is 0. The molecule has 0 spiro atoms. The van der Waals surface area contributed by atoms with Crippen molar-refractivity contribution in [1.29, 1.82) is 0 Å². The number of hydrogen-bond acceptors (Lipinski definition) is 2. The Balaban J connectivity index is 1.94. The predicted molar refractivity (Wildman–Crippen MR) is 89.6 cm³/mol. The zero-order chi connectivity index (χ0) is 15.1. The van der Waals surface area contributed by atoms with Gasteiger partial charge in [-0.25, -0.2) is 0 Å². The van der Waals surface area contributed by atoms with Crippen molar-refractivity contribution in [3.8, 4) is 0 Å². The Morgan fingerprint density at radius 3 is 2.71 bits per heavy atom. The van der Waals surface area contributed by atoms with Crippen molar-refractivity contribution in [1.82, 2.24) is 5.32 Å². The van der Waals surface area contributed by atoms with Crippen LogP contribution in [0.15, 0.2) is 24.3 Å². The highest BCUT2D eigenvalue weighted by Gasteiger charge is 2.31. The maximum atomic E-state index is 5.69. The topological polar surface area (TPSA) is 21.3 Å². The lowest BCUT2D eigenvalue weighted by atomic mass is 9.77. The first-order valence-electron chi connectivity index (χ1n) is 8.70. The van der Waals surface area contributed by atoms with Crippen molar-refractivity contribution in [2.24, 2.45) is 5.92 Å². The highest BCUT2D eigenvalue weighted by molar-refractivity contribution is 5.26. The summed E-state index contributed by atoms with van der Waals surface area (Å²) in [5.74, 6) is 0.821. The minimum Gasteiger partial charge on any atom is -0.378 e. The summed E-state index contributed by atoms with van der Waals surface area (Å²) in [6, 6.07) is 9.61. The summed E-state index contributed by atoms with van der Waals surface area (Å²) in [5.41, 5.74) is 2.90. The van der Waals surface area contributed by atoms with Crippen LogP contribution in [-0.2, 0) is 11.2 Å². The molecule has 118 valence electrons. The van der Waals surface area contributed by atoms with Crippen LogP contribution in [0.1, 0.15) is 63.6 Å². The molecule has 21 heavy (non-hydrogen) atoms. The Labute approximate surface area is 130 Å². The molecule has 0 aliphatic heterocycles. The fraction of sp³-hybridized carbons (Fsp3) is 0.684. The second-order valence-electron chi connectivity index (χ2n) is 6.26. The lowest BCUT2D eigenvalue weighted by Gasteiger charge is -2.37. The Hall–Kier alpha value is -0.860. The standard InChI is InChI=1S/C19H31NO/c1-4-10-20-19(14-16-12-18(13-16)21-6-3)17-9-7-8-15(5-2)11-17/h7-9,11,16,18-20H,4-6,10,12-14H2,1-3H3. The van der Waals surface area contributed by atoms with Crippen LogP contribution < -0.4 is 5.32 Å². The fourth-order valence-corrected chi connectivity index (χ4v) is 3.26.